The van der Waals surface area contributed by atoms with Crippen LogP contribution in [0.2, 0.25) is 0 Å². The van der Waals surface area contributed by atoms with Gasteiger partial charge in [0.1, 0.15) is 36.1 Å². The minimum atomic E-state index is -1.72. The summed E-state index contributed by atoms with van der Waals surface area (Å²) in [7, 11) is 3.23. The summed E-state index contributed by atoms with van der Waals surface area (Å²) in [5.41, 5.74) is 4.09. The minimum absolute atomic E-state index is 0.00596. The molecule has 0 saturated carbocycles. The molecule has 7 rings (SSSR count). The van der Waals surface area contributed by atoms with Crippen LogP contribution in [0.3, 0.4) is 0 Å². The summed E-state index contributed by atoms with van der Waals surface area (Å²) < 4.78 is 55.4. The fourth-order valence-corrected chi connectivity index (χ4v) is 10.4. The third-order valence-electron chi connectivity index (χ3n) is 13.7. The number of nitrogens with zero attached hydrogens (tertiary/aromatic N) is 2. The zero-order chi connectivity index (χ0) is 48.4. The maximum absolute atomic E-state index is 13.5. The Labute approximate surface area is 409 Å². The van der Waals surface area contributed by atoms with Crippen LogP contribution in [0.1, 0.15) is 121 Å². The van der Waals surface area contributed by atoms with Crippen LogP contribution in [0, 0.1) is 18.3 Å². The van der Waals surface area contributed by atoms with Gasteiger partial charge in [-0.1, -0.05) is 84.0 Å². The number of allylic oxidation sites excluding steroid dienone is 2. The van der Waals surface area contributed by atoms with Gasteiger partial charge in [-0.2, -0.15) is 0 Å². The Balaban J connectivity index is 1.06. The Morgan fingerprint density at radius 3 is 2.59 bits per heavy atom. The lowest BCUT2D eigenvalue weighted by atomic mass is 9.79. The normalized spacial score (nSPS) is 35.4. The number of carbonyl (C=O) groups is 1. The Bertz CT molecular complexity index is 2170. The van der Waals surface area contributed by atoms with Crippen LogP contribution in [-0.2, 0) is 44.4 Å². The van der Waals surface area contributed by atoms with E-state index in [-0.39, 0.29) is 73.3 Å². The molecule has 14 atom stereocenters. The molecule has 0 aliphatic carbocycles. The van der Waals surface area contributed by atoms with Gasteiger partial charge in [-0.3, -0.25) is 0 Å². The van der Waals surface area contributed by atoms with Gasteiger partial charge in [0.2, 0.25) is 5.89 Å². The van der Waals surface area contributed by atoms with E-state index in [9.17, 15) is 15.0 Å². The quantitative estimate of drug-likeness (QED) is 0.117. The molecular weight excluding hydrogens is 936 g/mol. The number of aliphatic hydroxyl groups excluding tert-OH is 1. The van der Waals surface area contributed by atoms with Crippen LogP contribution >= 0.6 is 15.9 Å². The molecule has 2 N–H and O–H groups in total. The molecule has 4 saturated heterocycles. The van der Waals surface area contributed by atoms with Crippen molar-refractivity contribution in [1.82, 2.24) is 9.97 Å². The van der Waals surface area contributed by atoms with Crippen molar-refractivity contribution in [1.29, 1.82) is 0 Å². The average molecular weight is 1010 g/mol. The third-order valence-corrected chi connectivity index (χ3v) is 14.0. The highest BCUT2D eigenvalue weighted by atomic mass is 79.9. The first-order chi connectivity index (χ1) is 32.7. The van der Waals surface area contributed by atoms with Crippen molar-refractivity contribution in [2.45, 2.75) is 171 Å². The van der Waals surface area contributed by atoms with Gasteiger partial charge in [0.15, 0.2) is 11.7 Å². The molecule has 15 heteroatoms. The second-order valence-corrected chi connectivity index (χ2v) is 19.7. The first-order valence-electron chi connectivity index (χ1n) is 24.0. The van der Waals surface area contributed by atoms with Gasteiger partial charge in [0.25, 0.3) is 0 Å². The fourth-order valence-electron chi connectivity index (χ4n) is 10.1. The molecule has 5 aliphatic rings. The van der Waals surface area contributed by atoms with E-state index >= 15 is 0 Å². The number of hydrogen-bond donors (Lipinski definition) is 2. The largest absolute Gasteiger partial charge is 0.458 e. The summed E-state index contributed by atoms with van der Waals surface area (Å²) in [6, 6.07) is 0. The lowest BCUT2D eigenvalue weighted by Crippen LogP contribution is -2.51. The summed E-state index contributed by atoms with van der Waals surface area (Å²) in [5.74, 6) is -1.78. The molecule has 2 aromatic rings. The number of ether oxygens (including phenoxy) is 7. The highest BCUT2D eigenvalue weighted by Crippen LogP contribution is 2.39. The zero-order valence-electron chi connectivity index (χ0n) is 40.2. The minimum Gasteiger partial charge on any atom is -0.458 e. The number of aromatic nitrogens is 2. The Kier molecular flexibility index (Phi) is 18.7. The van der Waals surface area contributed by atoms with Crippen molar-refractivity contribution in [2.24, 2.45) is 11.8 Å². The van der Waals surface area contributed by atoms with E-state index in [1.54, 1.807) is 31.5 Å². The van der Waals surface area contributed by atoms with Gasteiger partial charge in [0.05, 0.1) is 61.4 Å². The predicted molar refractivity (Wildman–Crippen MR) is 260 cm³/mol. The van der Waals surface area contributed by atoms with Crippen LogP contribution in [0.25, 0.3) is 12.2 Å². The van der Waals surface area contributed by atoms with E-state index in [1.165, 1.54) is 12.3 Å². The Morgan fingerprint density at radius 1 is 0.985 bits per heavy atom. The third kappa shape index (κ3) is 14.2. The lowest BCUT2D eigenvalue weighted by Gasteiger charge is -2.44. The van der Waals surface area contributed by atoms with Gasteiger partial charge in [-0.15, -0.1) is 0 Å². The monoisotopic (exact) mass is 1010 g/mol. The highest BCUT2D eigenvalue weighted by Gasteiger charge is 2.45. The van der Waals surface area contributed by atoms with Gasteiger partial charge < -0.3 is 52.2 Å². The molecule has 4 fully saturated rings. The van der Waals surface area contributed by atoms with Crippen LogP contribution in [0.15, 0.2) is 92.2 Å². The number of methoxy groups -OCH3 is 2. The van der Waals surface area contributed by atoms with Crippen molar-refractivity contribution < 1.29 is 57.0 Å². The van der Waals surface area contributed by atoms with Crippen LogP contribution < -0.4 is 0 Å². The Morgan fingerprint density at radius 2 is 1.79 bits per heavy atom. The number of aliphatic hydroxyl groups is 2. The van der Waals surface area contributed by atoms with E-state index in [1.807, 2.05) is 63.3 Å². The average Bonchev–Trinajstić information content (AvgIpc) is 3.97. The van der Waals surface area contributed by atoms with E-state index in [0.717, 1.165) is 54.5 Å². The van der Waals surface area contributed by atoms with Crippen molar-refractivity contribution in [3.8, 4) is 0 Å². The number of oxazole rings is 2. The van der Waals surface area contributed by atoms with Gasteiger partial charge >= 0.3 is 5.97 Å². The maximum atomic E-state index is 13.5. The van der Waals surface area contributed by atoms with E-state index in [4.69, 9.17) is 52.0 Å². The molecule has 371 valence electrons. The SMILES string of the molecule is C=C1C[C@@H]2C[C@@H]3C[CH]C[C@@H](O3)c3coc(n3)/C=C/C[C@H]3O[C@@H](/C(C)=C/c4coc(C[C@]5(O)C[C@H](OC)C[C@H]([C@H](O)/C=C(C)/C=C/[C@@H](C/C=C/Br)OC)O5)n4)[C@H](C)[C@@H](OC(=O)/C=C\C[C@@H](C1)O2)[C@H]3C. The molecule has 8 bridgehead atoms. The van der Waals surface area contributed by atoms with E-state index < -0.39 is 36.2 Å². The van der Waals surface area contributed by atoms with Crippen molar-refractivity contribution >= 4 is 34.1 Å². The molecule has 0 amide bonds. The number of rotatable bonds is 12. The van der Waals surface area contributed by atoms with Crippen molar-refractivity contribution in [3.05, 3.63) is 113 Å². The molecule has 5 aliphatic heterocycles. The molecular formula is C53H70BrN2O12. The Hall–Kier alpha value is -3.77. The summed E-state index contributed by atoms with van der Waals surface area (Å²) in [4.78, 5) is 24.8. The molecule has 1 radical (unpaired) electrons. The van der Waals surface area contributed by atoms with Crippen LogP contribution in [0.5, 0.6) is 0 Å². The maximum Gasteiger partial charge on any atom is 0.330 e. The second-order valence-electron chi connectivity index (χ2n) is 19.1. The molecule has 0 aromatic carbocycles. The topological polar surface area (TPSA) is 174 Å². The fraction of sp³-hybridized carbons (Fsp3) is 0.585. The number of esters is 1. The predicted octanol–water partition coefficient (Wildman–Crippen LogP) is 9.60. The number of fused-ring (bicyclic) bond motifs is 9. The molecule has 68 heavy (non-hydrogen) atoms. The molecule has 2 aromatic heterocycles. The second kappa shape index (κ2) is 24.4. The smallest absolute Gasteiger partial charge is 0.330 e. The van der Waals surface area contributed by atoms with Crippen molar-refractivity contribution in [3.63, 3.8) is 0 Å². The van der Waals surface area contributed by atoms with Gasteiger partial charge in [-0.25, -0.2) is 14.8 Å². The summed E-state index contributed by atoms with van der Waals surface area (Å²) in [5, 5.41) is 23.1. The van der Waals surface area contributed by atoms with E-state index in [0.29, 0.717) is 37.3 Å². The van der Waals surface area contributed by atoms with Gasteiger partial charge in [0, 0.05) is 51.4 Å². The number of halogens is 1. The summed E-state index contributed by atoms with van der Waals surface area (Å²) >= 11 is 3.29. The molecule has 14 nitrogen and oxygen atoms in total. The first kappa shape index (κ1) is 52.1. The first-order valence-corrected chi connectivity index (χ1v) is 24.9. The molecule has 7 heterocycles. The van der Waals surface area contributed by atoms with Crippen molar-refractivity contribution in [2.75, 3.05) is 14.2 Å². The van der Waals surface area contributed by atoms with Crippen LogP contribution in [-0.4, -0.2) is 107 Å². The van der Waals surface area contributed by atoms with E-state index in [2.05, 4.69) is 35.9 Å². The molecule has 0 spiro atoms. The summed E-state index contributed by atoms with van der Waals surface area (Å²) in [6.07, 6.45) is 24.3. The standard InChI is InChI=1S/C53H70BrN2O12/c1-32(19-20-38(60-6)14-11-21-54)24-44(57)47-27-42(61-7)28-53(59,68-47)29-49-55-37(30-62-49)25-34(3)51-36(5)52-35(4)45(66-51)15-10-17-48-56-43(31-63-48)46-16-8-12-40(65-46)26-41-23-33(2)22-39(64-41)13-9-18-50(58)67-52/h8-11,17-21,24-25,30-31,35-36,38-42,44-47,51-52,57,59H,2,12-16,22-23,26-29H2,1,3-7H3/b17-10+,18-9-,20-19+,21-11+,32-24+,34-25+/t35-,36-,38+,39-,40-,41+,42+,44+,45+,46+,47+,51-,52-,53-/m0/s1. The number of hydrogen-bond acceptors (Lipinski definition) is 14. The lowest BCUT2D eigenvalue weighted by molar-refractivity contribution is -0.286. The molecule has 0 unspecified atom stereocenters. The summed E-state index contributed by atoms with van der Waals surface area (Å²) in [6.45, 7) is 12.2. The van der Waals surface area contributed by atoms with Crippen LogP contribution in [0.4, 0.5) is 0 Å². The van der Waals surface area contributed by atoms with Gasteiger partial charge in [-0.05, 0) is 87.9 Å². The zero-order valence-corrected chi connectivity index (χ0v) is 41.8. The highest BCUT2D eigenvalue weighted by molar-refractivity contribution is 9.11. The number of carbonyl (C=O) groups excluding carboxylic acids is 1.